The van der Waals surface area contributed by atoms with Gasteiger partial charge in [-0.2, -0.15) is 5.10 Å². The van der Waals surface area contributed by atoms with Crippen LogP contribution < -0.4 is 0 Å². The molecule has 1 N–H and O–H groups in total. The van der Waals surface area contributed by atoms with E-state index in [4.69, 9.17) is 9.84 Å². The van der Waals surface area contributed by atoms with E-state index in [9.17, 15) is 4.79 Å². The second-order valence-electron chi connectivity index (χ2n) is 5.87. The fourth-order valence-corrected chi connectivity index (χ4v) is 3.01. The van der Waals surface area contributed by atoms with Crippen molar-refractivity contribution in [3.05, 3.63) is 17.0 Å². The lowest BCUT2D eigenvalue weighted by Crippen LogP contribution is -2.33. The molecule has 6 nitrogen and oxygen atoms in total. The first-order valence-corrected chi connectivity index (χ1v) is 7.81. The number of ether oxygens (including phenoxy) is 1. The van der Waals surface area contributed by atoms with Crippen LogP contribution in [0.4, 0.5) is 0 Å². The van der Waals surface area contributed by atoms with Crippen molar-refractivity contribution in [2.45, 2.75) is 39.3 Å². The van der Waals surface area contributed by atoms with Gasteiger partial charge in [0.15, 0.2) is 5.69 Å². The quantitative estimate of drug-likeness (QED) is 0.787. The van der Waals surface area contributed by atoms with E-state index in [0.717, 1.165) is 43.2 Å². The van der Waals surface area contributed by atoms with E-state index in [0.29, 0.717) is 18.8 Å². The summed E-state index contributed by atoms with van der Waals surface area (Å²) in [5.74, 6) is 0.490. The summed E-state index contributed by atoms with van der Waals surface area (Å²) in [6, 6.07) is 0. The van der Waals surface area contributed by atoms with Crippen molar-refractivity contribution in [2.75, 3.05) is 26.3 Å². The van der Waals surface area contributed by atoms with Gasteiger partial charge in [0, 0.05) is 37.3 Å². The van der Waals surface area contributed by atoms with Crippen LogP contribution in [0.2, 0.25) is 0 Å². The molecule has 1 aromatic rings. The predicted octanol–water partition coefficient (Wildman–Crippen LogP) is 0.820. The topological polar surface area (TPSA) is 67.6 Å². The summed E-state index contributed by atoms with van der Waals surface area (Å²) in [7, 11) is 0. The third-order valence-electron chi connectivity index (χ3n) is 4.21. The zero-order valence-electron chi connectivity index (χ0n) is 12.5. The number of esters is 1. The van der Waals surface area contributed by atoms with Crippen molar-refractivity contribution < 1.29 is 14.6 Å². The first-order chi connectivity index (χ1) is 10.2. The van der Waals surface area contributed by atoms with Crippen molar-refractivity contribution in [2.24, 2.45) is 5.92 Å². The third-order valence-corrected chi connectivity index (χ3v) is 4.21. The summed E-state index contributed by atoms with van der Waals surface area (Å²) >= 11 is 0. The first kappa shape index (κ1) is 14.5. The van der Waals surface area contributed by atoms with Crippen molar-refractivity contribution >= 4 is 5.97 Å². The van der Waals surface area contributed by atoms with Crippen LogP contribution in [0.15, 0.2) is 0 Å². The molecule has 0 amide bonds. The number of carbonyl (C=O) groups excluding carboxylic acids is 1. The van der Waals surface area contributed by atoms with Crippen LogP contribution in [0.25, 0.3) is 0 Å². The van der Waals surface area contributed by atoms with Crippen LogP contribution in [0.1, 0.15) is 41.5 Å². The molecular weight excluding hydrogens is 270 g/mol. The lowest BCUT2D eigenvalue weighted by Gasteiger charge is -2.27. The highest BCUT2D eigenvalue weighted by Crippen LogP contribution is 2.32. The molecule has 1 aliphatic carbocycles. The van der Waals surface area contributed by atoms with Gasteiger partial charge in [-0.15, -0.1) is 0 Å². The fraction of sp³-hybridized carbons (Fsp3) is 0.733. The molecule has 0 saturated heterocycles. The van der Waals surface area contributed by atoms with Gasteiger partial charge in [0.2, 0.25) is 0 Å². The van der Waals surface area contributed by atoms with Gasteiger partial charge < -0.3 is 9.84 Å². The van der Waals surface area contributed by atoms with Gasteiger partial charge in [0.25, 0.3) is 0 Å². The van der Waals surface area contributed by atoms with Crippen molar-refractivity contribution in [3.63, 3.8) is 0 Å². The molecule has 2 aliphatic rings. The predicted molar refractivity (Wildman–Crippen MR) is 77.0 cm³/mol. The van der Waals surface area contributed by atoms with Gasteiger partial charge in [0.1, 0.15) is 0 Å². The Hall–Kier alpha value is -1.40. The van der Waals surface area contributed by atoms with Crippen molar-refractivity contribution in [3.8, 4) is 0 Å². The summed E-state index contributed by atoms with van der Waals surface area (Å²) in [6.07, 6.45) is 3.55. The smallest absolute Gasteiger partial charge is 0.359 e. The van der Waals surface area contributed by atoms with Crippen LogP contribution in [0.3, 0.4) is 0 Å². The Morgan fingerprint density at radius 2 is 2.29 bits per heavy atom. The van der Waals surface area contributed by atoms with Gasteiger partial charge in [-0.05, 0) is 25.7 Å². The largest absolute Gasteiger partial charge is 0.461 e. The zero-order valence-corrected chi connectivity index (χ0v) is 12.5. The SMILES string of the molecule is CCOC(=O)c1nn(CCO)c2c1CN(CC1CC1)CC2. The second-order valence-corrected chi connectivity index (χ2v) is 5.87. The number of carbonyl (C=O) groups is 1. The Morgan fingerprint density at radius 1 is 1.48 bits per heavy atom. The van der Waals surface area contributed by atoms with E-state index in [2.05, 4.69) is 10.00 Å². The number of rotatable bonds is 6. The maximum Gasteiger partial charge on any atom is 0.359 e. The summed E-state index contributed by atoms with van der Waals surface area (Å²) in [5.41, 5.74) is 2.51. The molecule has 116 valence electrons. The van der Waals surface area contributed by atoms with Gasteiger partial charge in [-0.1, -0.05) is 0 Å². The second kappa shape index (κ2) is 6.15. The van der Waals surface area contributed by atoms with E-state index in [1.807, 2.05) is 0 Å². The Bertz CT molecular complexity index is 522. The minimum Gasteiger partial charge on any atom is -0.461 e. The van der Waals surface area contributed by atoms with Crippen molar-refractivity contribution in [1.82, 2.24) is 14.7 Å². The van der Waals surface area contributed by atoms with E-state index in [1.165, 1.54) is 12.8 Å². The third kappa shape index (κ3) is 3.11. The van der Waals surface area contributed by atoms with Gasteiger partial charge >= 0.3 is 5.97 Å². The molecule has 6 heteroatoms. The molecule has 0 spiro atoms. The number of hydrogen-bond acceptors (Lipinski definition) is 5. The minimum absolute atomic E-state index is 0.0299. The van der Waals surface area contributed by atoms with Crippen LogP contribution in [-0.2, 0) is 24.2 Å². The standard InChI is InChI=1S/C15H23N3O3/c1-2-21-15(20)14-12-10-17(9-11-3-4-11)6-5-13(12)18(16-14)7-8-19/h11,19H,2-10H2,1H3. The monoisotopic (exact) mass is 293 g/mol. The summed E-state index contributed by atoms with van der Waals surface area (Å²) in [4.78, 5) is 14.5. The highest BCUT2D eigenvalue weighted by molar-refractivity contribution is 5.89. The first-order valence-electron chi connectivity index (χ1n) is 7.81. The number of nitrogens with zero attached hydrogens (tertiary/aromatic N) is 3. The van der Waals surface area contributed by atoms with Crippen LogP contribution in [0.5, 0.6) is 0 Å². The van der Waals surface area contributed by atoms with Gasteiger partial charge in [0.05, 0.1) is 19.8 Å². The average Bonchev–Trinajstić information content (AvgIpc) is 3.21. The highest BCUT2D eigenvalue weighted by Gasteiger charge is 2.31. The molecule has 0 bridgehead atoms. The molecule has 1 aliphatic heterocycles. The summed E-state index contributed by atoms with van der Waals surface area (Å²) in [5, 5.41) is 13.5. The molecule has 1 saturated carbocycles. The normalized spacial score (nSPS) is 18.6. The maximum absolute atomic E-state index is 12.1. The van der Waals surface area contributed by atoms with E-state index in [1.54, 1.807) is 11.6 Å². The van der Waals surface area contributed by atoms with Crippen LogP contribution >= 0.6 is 0 Å². The summed E-state index contributed by atoms with van der Waals surface area (Å²) in [6.45, 7) is 5.51. The van der Waals surface area contributed by atoms with E-state index in [-0.39, 0.29) is 12.6 Å². The summed E-state index contributed by atoms with van der Waals surface area (Å²) < 4.78 is 6.89. The fourth-order valence-electron chi connectivity index (χ4n) is 3.01. The molecule has 21 heavy (non-hydrogen) atoms. The number of fused-ring (bicyclic) bond motifs is 1. The minimum atomic E-state index is -0.348. The van der Waals surface area contributed by atoms with Crippen LogP contribution in [0, 0.1) is 5.92 Å². The lowest BCUT2D eigenvalue weighted by molar-refractivity contribution is 0.0515. The number of aromatic nitrogens is 2. The maximum atomic E-state index is 12.1. The Balaban J connectivity index is 1.84. The lowest BCUT2D eigenvalue weighted by atomic mass is 10.0. The van der Waals surface area contributed by atoms with Gasteiger partial charge in [-0.3, -0.25) is 9.58 Å². The molecule has 1 fully saturated rings. The molecule has 2 heterocycles. The van der Waals surface area contributed by atoms with E-state index >= 15 is 0 Å². The van der Waals surface area contributed by atoms with Gasteiger partial charge in [-0.25, -0.2) is 4.79 Å². The number of hydrogen-bond donors (Lipinski definition) is 1. The van der Waals surface area contributed by atoms with Crippen LogP contribution in [-0.4, -0.2) is 52.1 Å². The number of aliphatic hydroxyl groups is 1. The highest BCUT2D eigenvalue weighted by atomic mass is 16.5. The molecular formula is C15H23N3O3. The molecule has 0 aromatic carbocycles. The number of aliphatic hydroxyl groups excluding tert-OH is 1. The van der Waals surface area contributed by atoms with E-state index < -0.39 is 0 Å². The molecule has 0 radical (unpaired) electrons. The molecule has 3 rings (SSSR count). The Labute approximate surface area is 124 Å². The molecule has 0 unspecified atom stereocenters. The Kier molecular flexibility index (Phi) is 4.26. The zero-order chi connectivity index (χ0) is 14.8. The molecule has 0 atom stereocenters. The molecule has 1 aromatic heterocycles. The average molecular weight is 293 g/mol. The van der Waals surface area contributed by atoms with Crippen molar-refractivity contribution in [1.29, 1.82) is 0 Å². The Morgan fingerprint density at radius 3 is 2.95 bits per heavy atom.